The topological polar surface area (TPSA) is 62.6 Å². The Labute approximate surface area is 148 Å². The Hall–Kier alpha value is -2.77. The first-order valence-electron chi connectivity index (χ1n) is 7.83. The van der Waals surface area contributed by atoms with Crippen molar-refractivity contribution in [2.75, 3.05) is 13.6 Å². The van der Waals surface area contributed by atoms with E-state index in [4.69, 9.17) is 4.42 Å². The smallest absolute Gasteiger partial charge is 0.416 e. The van der Waals surface area contributed by atoms with Crippen LogP contribution in [0.4, 0.5) is 13.2 Å². The van der Waals surface area contributed by atoms with E-state index < -0.39 is 17.6 Å². The van der Waals surface area contributed by atoms with Gasteiger partial charge < -0.3 is 14.6 Å². The second-order valence-electron chi connectivity index (χ2n) is 5.95. The number of furan rings is 1. The Balaban J connectivity index is 1.89. The molecule has 0 aliphatic heterocycles. The zero-order valence-electron chi connectivity index (χ0n) is 14.6. The summed E-state index contributed by atoms with van der Waals surface area (Å²) in [7, 11) is 1.51. The summed E-state index contributed by atoms with van der Waals surface area (Å²) in [6.07, 6.45) is -4.39. The molecule has 0 spiro atoms. The van der Waals surface area contributed by atoms with Gasteiger partial charge in [0.15, 0.2) is 0 Å². The molecule has 8 heteroatoms. The third kappa shape index (κ3) is 4.87. The fourth-order valence-electron chi connectivity index (χ4n) is 2.40. The molecule has 1 aromatic heterocycles. The number of nitrogens with zero attached hydrogens (tertiary/aromatic N) is 1. The SMILES string of the molecule is Cc1cc(C(=O)NCC(=O)N(C)Cc2ccc(C(F)(F)F)cc2)c(C)o1. The normalized spacial score (nSPS) is 11.3. The molecule has 0 atom stereocenters. The molecule has 1 aromatic carbocycles. The van der Waals surface area contributed by atoms with Crippen LogP contribution < -0.4 is 5.32 Å². The van der Waals surface area contributed by atoms with Gasteiger partial charge in [-0.3, -0.25) is 9.59 Å². The molecule has 1 N–H and O–H groups in total. The van der Waals surface area contributed by atoms with Crippen molar-refractivity contribution in [1.29, 1.82) is 0 Å². The van der Waals surface area contributed by atoms with E-state index in [1.165, 1.54) is 24.1 Å². The molecule has 1 heterocycles. The van der Waals surface area contributed by atoms with Gasteiger partial charge in [0.2, 0.25) is 5.91 Å². The summed E-state index contributed by atoms with van der Waals surface area (Å²) in [6.45, 7) is 3.28. The Bertz CT molecular complexity index is 795. The molecule has 0 bridgehead atoms. The Kier molecular flexibility index (Phi) is 5.74. The van der Waals surface area contributed by atoms with Crippen LogP contribution in [0.3, 0.4) is 0 Å². The van der Waals surface area contributed by atoms with Gasteiger partial charge >= 0.3 is 6.18 Å². The quantitative estimate of drug-likeness (QED) is 0.881. The minimum Gasteiger partial charge on any atom is -0.466 e. The van der Waals surface area contributed by atoms with E-state index in [2.05, 4.69) is 5.32 Å². The first kappa shape index (κ1) is 19.6. The number of amides is 2. The highest BCUT2D eigenvalue weighted by Crippen LogP contribution is 2.29. The maximum absolute atomic E-state index is 12.5. The second kappa shape index (κ2) is 7.63. The second-order valence-corrected chi connectivity index (χ2v) is 5.95. The van der Waals surface area contributed by atoms with Crippen LogP contribution in [-0.4, -0.2) is 30.3 Å². The van der Waals surface area contributed by atoms with Crippen LogP contribution in [0.5, 0.6) is 0 Å². The van der Waals surface area contributed by atoms with E-state index in [0.29, 0.717) is 22.6 Å². The molecule has 0 unspecified atom stereocenters. The van der Waals surface area contributed by atoms with Gasteiger partial charge in [0, 0.05) is 13.6 Å². The van der Waals surface area contributed by atoms with E-state index in [-0.39, 0.29) is 19.0 Å². The van der Waals surface area contributed by atoms with Gasteiger partial charge in [-0.1, -0.05) is 12.1 Å². The van der Waals surface area contributed by atoms with Crippen molar-refractivity contribution in [2.24, 2.45) is 0 Å². The largest absolute Gasteiger partial charge is 0.466 e. The lowest BCUT2D eigenvalue weighted by atomic mass is 10.1. The summed E-state index contributed by atoms with van der Waals surface area (Å²) in [5, 5.41) is 2.51. The van der Waals surface area contributed by atoms with Crippen LogP contribution in [0.1, 0.15) is 33.0 Å². The number of likely N-dealkylation sites (N-methyl/N-ethyl adjacent to an activating group) is 1. The molecule has 0 saturated carbocycles. The lowest BCUT2D eigenvalue weighted by Crippen LogP contribution is -2.37. The molecule has 0 saturated heterocycles. The number of aryl methyl sites for hydroxylation is 2. The van der Waals surface area contributed by atoms with Crippen molar-refractivity contribution in [1.82, 2.24) is 10.2 Å². The maximum atomic E-state index is 12.5. The summed E-state index contributed by atoms with van der Waals surface area (Å²) in [6, 6.07) is 6.17. The molecule has 2 aromatic rings. The van der Waals surface area contributed by atoms with Crippen molar-refractivity contribution in [3.05, 3.63) is 58.5 Å². The molecule has 140 valence electrons. The number of hydrogen-bond donors (Lipinski definition) is 1. The summed E-state index contributed by atoms with van der Waals surface area (Å²) >= 11 is 0. The van der Waals surface area contributed by atoms with E-state index in [0.717, 1.165) is 12.1 Å². The van der Waals surface area contributed by atoms with Gasteiger partial charge in [0.25, 0.3) is 5.91 Å². The highest BCUT2D eigenvalue weighted by atomic mass is 19.4. The van der Waals surface area contributed by atoms with Gasteiger partial charge in [0.1, 0.15) is 11.5 Å². The van der Waals surface area contributed by atoms with E-state index in [1.807, 2.05) is 0 Å². The number of hydrogen-bond acceptors (Lipinski definition) is 3. The predicted molar refractivity (Wildman–Crippen MR) is 88.4 cm³/mol. The van der Waals surface area contributed by atoms with Gasteiger partial charge in [-0.15, -0.1) is 0 Å². The summed E-state index contributed by atoms with van der Waals surface area (Å²) in [5.74, 6) is 0.274. The van der Waals surface area contributed by atoms with Crippen LogP contribution in [-0.2, 0) is 17.5 Å². The molecule has 5 nitrogen and oxygen atoms in total. The maximum Gasteiger partial charge on any atom is 0.416 e. The summed E-state index contributed by atoms with van der Waals surface area (Å²) < 4.78 is 42.9. The van der Waals surface area contributed by atoms with Gasteiger partial charge in [-0.2, -0.15) is 13.2 Å². The third-order valence-corrected chi connectivity index (χ3v) is 3.81. The number of benzene rings is 1. The average molecular weight is 368 g/mol. The highest BCUT2D eigenvalue weighted by molar-refractivity contribution is 5.97. The number of nitrogens with one attached hydrogen (secondary N) is 1. The molecule has 0 fully saturated rings. The van der Waals surface area contributed by atoms with Crippen molar-refractivity contribution in [2.45, 2.75) is 26.6 Å². The number of halogens is 3. The van der Waals surface area contributed by atoms with Crippen LogP contribution in [0.25, 0.3) is 0 Å². The first-order valence-corrected chi connectivity index (χ1v) is 7.83. The fraction of sp³-hybridized carbons (Fsp3) is 0.333. The number of rotatable bonds is 5. The summed E-state index contributed by atoms with van der Waals surface area (Å²) in [4.78, 5) is 25.5. The Morgan fingerprint density at radius 1 is 1.15 bits per heavy atom. The molecule has 2 rings (SSSR count). The van der Waals surface area contributed by atoms with Crippen LogP contribution in [0, 0.1) is 13.8 Å². The average Bonchev–Trinajstić information content (AvgIpc) is 2.90. The van der Waals surface area contributed by atoms with E-state index in [9.17, 15) is 22.8 Å². The molecule has 0 radical (unpaired) electrons. The number of carbonyl (C=O) groups is 2. The summed E-state index contributed by atoms with van der Waals surface area (Å²) in [5.41, 5.74) is 0.176. The highest BCUT2D eigenvalue weighted by Gasteiger charge is 2.30. The molecule has 26 heavy (non-hydrogen) atoms. The Morgan fingerprint density at radius 2 is 1.77 bits per heavy atom. The number of carbonyl (C=O) groups excluding carboxylic acids is 2. The third-order valence-electron chi connectivity index (χ3n) is 3.81. The molecule has 0 aliphatic carbocycles. The van der Waals surface area contributed by atoms with Crippen molar-refractivity contribution in [3.8, 4) is 0 Å². The Morgan fingerprint density at radius 3 is 2.27 bits per heavy atom. The lowest BCUT2D eigenvalue weighted by molar-refractivity contribution is -0.137. The predicted octanol–water partition coefficient (Wildman–Crippen LogP) is 3.30. The van der Waals surface area contributed by atoms with Crippen molar-refractivity contribution < 1.29 is 27.2 Å². The van der Waals surface area contributed by atoms with Gasteiger partial charge in [-0.25, -0.2) is 0 Å². The van der Waals surface area contributed by atoms with Crippen molar-refractivity contribution >= 4 is 11.8 Å². The molecule has 2 amide bonds. The van der Waals surface area contributed by atoms with Crippen LogP contribution in [0.15, 0.2) is 34.7 Å². The van der Waals surface area contributed by atoms with E-state index >= 15 is 0 Å². The van der Waals surface area contributed by atoms with Gasteiger partial charge in [0.05, 0.1) is 17.7 Å². The van der Waals surface area contributed by atoms with Crippen molar-refractivity contribution in [3.63, 3.8) is 0 Å². The molecular formula is C18H19F3N2O3. The number of alkyl halides is 3. The molecular weight excluding hydrogens is 349 g/mol. The van der Waals surface area contributed by atoms with Crippen LogP contribution >= 0.6 is 0 Å². The van der Waals surface area contributed by atoms with Gasteiger partial charge in [-0.05, 0) is 37.6 Å². The zero-order chi connectivity index (χ0) is 19.5. The zero-order valence-corrected chi connectivity index (χ0v) is 14.6. The monoisotopic (exact) mass is 368 g/mol. The van der Waals surface area contributed by atoms with Crippen LogP contribution in [0.2, 0.25) is 0 Å². The lowest BCUT2D eigenvalue weighted by Gasteiger charge is -2.18. The fourth-order valence-corrected chi connectivity index (χ4v) is 2.40. The first-order chi connectivity index (χ1) is 12.1. The minimum absolute atomic E-state index is 0.136. The minimum atomic E-state index is -4.39. The van der Waals surface area contributed by atoms with E-state index in [1.54, 1.807) is 19.9 Å². The molecule has 0 aliphatic rings. The standard InChI is InChI=1S/C18H19F3N2O3/c1-11-8-15(12(2)26-11)17(25)22-9-16(24)23(3)10-13-4-6-14(7-5-13)18(19,20)21/h4-8H,9-10H2,1-3H3,(H,22,25).